The number of amides is 2. The Morgan fingerprint density at radius 2 is 1.89 bits per heavy atom. The summed E-state index contributed by atoms with van der Waals surface area (Å²) in [6.45, 7) is 0.307. The first kappa shape index (κ1) is 18.1. The lowest BCUT2D eigenvalue weighted by Gasteiger charge is -2.12. The molecule has 1 aliphatic carbocycles. The van der Waals surface area contributed by atoms with Gasteiger partial charge in [-0.3, -0.25) is 9.59 Å². The van der Waals surface area contributed by atoms with Gasteiger partial charge in [0.15, 0.2) is 0 Å². The minimum atomic E-state index is -1.02. The van der Waals surface area contributed by atoms with Crippen molar-refractivity contribution in [1.82, 2.24) is 9.88 Å². The Hall–Kier alpha value is -3.30. The van der Waals surface area contributed by atoms with E-state index in [0.717, 1.165) is 22.2 Å². The van der Waals surface area contributed by atoms with Crippen LogP contribution in [0.2, 0.25) is 5.02 Å². The molecule has 3 N–H and O–H groups in total. The first-order chi connectivity index (χ1) is 13.4. The highest BCUT2D eigenvalue weighted by molar-refractivity contribution is 6.31. The fourth-order valence-corrected chi connectivity index (χ4v) is 3.55. The molecule has 0 radical (unpaired) electrons. The highest BCUT2D eigenvalue weighted by Crippen LogP contribution is 2.45. The van der Waals surface area contributed by atoms with Crippen molar-refractivity contribution in [2.75, 3.05) is 0 Å². The number of halogens is 1. The number of rotatable bonds is 5. The number of nitrogens with two attached hydrogens (primary N) is 1. The van der Waals surface area contributed by atoms with E-state index in [1.165, 1.54) is 0 Å². The molecule has 1 saturated carbocycles. The van der Waals surface area contributed by atoms with E-state index in [0.29, 0.717) is 30.1 Å². The number of carbonyl (C=O) groups is 2. The van der Waals surface area contributed by atoms with Crippen molar-refractivity contribution < 1.29 is 9.59 Å². The number of benzene rings is 2. The normalized spacial score (nSPS) is 14.4. The summed E-state index contributed by atoms with van der Waals surface area (Å²) in [5.74, 6) is -0.881. The minimum Gasteiger partial charge on any atom is -0.369 e. The van der Waals surface area contributed by atoms with Gasteiger partial charge in [-0.2, -0.15) is 5.26 Å². The highest BCUT2D eigenvalue weighted by atomic mass is 35.5. The van der Waals surface area contributed by atoms with Crippen molar-refractivity contribution in [3.05, 3.63) is 64.8 Å². The number of hydrogen-bond donors (Lipinski definition) is 2. The van der Waals surface area contributed by atoms with E-state index < -0.39 is 11.3 Å². The second-order valence-corrected chi connectivity index (χ2v) is 7.41. The molecule has 0 unspecified atom stereocenters. The van der Waals surface area contributed by atoms with Crippen molar-refractivity contribution in [3.63, 3.8) is 0 Å². The monoisotopic (exact) mass is 392 g/mol. The van der Waals surface area contributed by atoms with Crippen LogP contribution in [-0.4, -0.2) is 16.4 Å². The van der Waals surface area contributed by atoms with Crippen LogP contribution < -0.4 is 11.1 Å². The van der Waals surface area contributed by atoms with E-state index in [1.807, 2.05) is 41.0 Å². The van der Waals surface area contributed by atoms with Crippen molar-refractivity contribution in [2.24, 2.45) is 11.1 Å². The van der Waals surface area contributed by atoms with Gasteiger partial charge in [0, 0.05) is 22.6 Å². The Kier molecular flexibility index (Phi) is 4.33. The molecule has 0 bridgehead atoms. The van der Waals surface area contributed by atoms with Crippen LogP contribution in [0.4, 0.5) is 0 Å². The van der Waals surface area contributed by atoms with Crippen LogP contribution in [0.25, 0.3) is 16.6 Å². The van der Waals surface area contributed by atoms with Crippen molar-refractivity contribution in [1.29, 1.82) is 5.26 Å². The summed E-state index contributed by atoms with van der Waals surface area (Å²) < 4.78 is 1.86. The Bertz CT molecular complexity index is 1140. The molecule has 28 heavy (non-hydrogen) atoms. The topological polar surface area (TPSA) is 101 Å². The van der Waals surface area contributed by atoms with Crippen LogP contribution in [-0.2, 0) is 16.1 Å². The molecule has 7 heteroatoms. The van der Waals surface area contributed by atoms with Crippen LogP contribution in [0.3, 0.4) is 0 Å². The standard InChI is InChI=1S/C21H17ClN4O2/c22-15-3-6-18-14(9-15)10-17(11-23)26(18)16-4-1-13(2-5-16)12-25-20(28)21(7-8-21)19(24)27/h1-6,9-10H,7-8,12H2,(H2,24,27)(H,25,28). The molecule has 0 saturated heterocycles. The maximum absolute atomic E-state index is 12.2. The molecule has 2 amide bonds. The maximum atomic E-state index is 12.2. The van der Waals surface area contributed by atoms with Gasteiger partial charge in [0.1, 0.15) is 17.2 Å². The molecule has 1 fully saturated rings. The lowest BCUT2D eigenvalue weighted by Crippen LogP contribution is -2.40. The summed E-state index contributed by atoms with van der Waals surface area (Å²) in [6.07, 6.45) is 1.02. The number of primary amides is 1. The number of nitrogens with one attached hydrogen (secondary N) is 1. The summed E-state index contributed by atoms with van der Waals surface area (Å²) in [4.78, 5) is 23.6. The predicted octanol–water partition coefficient (Wildman–Crippen LogP) is 3.04. The van der Waals surface area contributed by atoms with Gasteiger partial charge in [0.05, 0.1) is 5.52 Å². The second-order valence-electron chi connectivity index (χ2n) is 6.98. The van der Waals surface area contributed by atoms with Crippen molar-refractivity contribution >= 4 is 34.3 Å². The highest BCUT2D eigenvalue weighted by Gasteiger charge is 2.55. The molecule has 4 rings (SSSR count). The van der Waals surface area contributed by atoms with Gasteiger partial charge >= 0.3 is 0 Å². The van der Waals surface area contributed by atoms with Crippen LogP contribution >= 0.6 is 11.6 Å². The number of carbonyl (C=O) groups excluding carboxylic acids is 2. The molecule has 1 aliphatic rings. The summed E-state index contributed by atoms with van der Waals surface area (Å²) >= 11 is 6.05. The molecule has 1 heterocycles. The third-order valence-corrected chi connectivity index (χ3v) is 5.42. The van der Waals surface area contributed by atoms with Gasteiger partial charge in [0.25, 0.3) is 0 Å². The number of fused-ring (bicyclic) bond motifs is 1. The second kappa shape index (κ2) is 6.70. The van der Waals surface area contributed by atoms with E-state index >= 15 is 0 Å². The predicted molar refractivity (Wildman–Crippen MR) is 106 cm³/mol. The van der Waals surface area contributed by atoms with Gasteiger partial charge < -0.3 is 15.6 Å². The van der Waals surface area contributed by atoms with Crippen LogP contribution in [0.1, 0.15) is 24.1 Å². The van der Waals surface area contributed by atoms with E-state index in [1.54, 1.807) is 12.1 Å². The minimum absolute atomic E-state index is 0.307. The zero-order valence-electron chi connectivity index (χ0n) is 14.9. The average molecular weight is 393 g/mol. The van der Waals surface area contributed by atoms with E-state index in [9.17, 15) is 14.9 Å². The Morgan fingerprint density at radius 1 is 1.18 bits per heavy atom. The summed E-state index contributed by atoms with van der Waals surface area (Å²) in [5.41, 5.74) is 7.42. The molecule has 140 valence electrons. The number of nitriles is 1. The number of nitrogens with zero attached hydrogens (tertiary/aromatic N) is 2. The third kappa shape index (κ3) is 3.00. The summed E-state index contributed by atoms with van der Waals surface area (Å²) in [5, 5.41) is 13.8. The molecular formula is C21H17ClN4O2. The van der Waals surface area contributed by atoms with Gasteiger partial charge in [-0.25, -0.2) is 0 Å². The Balaban J connectivity index is 1.56. The quantitative estimate of drug-likeness (QED) is 0.652. The zero-order chi connectivity index (χ0) is 19.9. The van der Waals surface area contributed by atoms with Crippen LogP contribution in [0.15, 0.2) is 48.5 Å². The van der Waals surface area contributed by atoms with E-state index in [2.05, 4.69) is 11.4 Å². The van der Waals surface area contributed by atoms with Gasteiger partial charge in [-0.15, -0.1) is 0 Å². The van der Waals surface area contributed by atoms with Gasteiger partial charge in [-0.1, -0.05) is 23.7 Å². The number of aromatic nitrogens is 1. The Labute approximate surface area is 166 Å². The smallest absolute Gasteiger partial charge is 0.235 e. The molecule has 1 aromatic heterocycles. The molecule has 2 aromatic carbocycles. The number of hydrogen-bond acceptors (Lipinski definition) is 3. The van der Waals surface area contributed by atoms with Crippen LogP contribution in [0.5, 0.6) is 0 Å². The van der Waals surface area contributed by atoms with Crippen molar-refractivity contribution in [2.45, 2.75) is 19.4 Å². The molecule has 0 spiro atoms. The zero-order valence-corrected chi connectivity index (χ0v) is 15.7. The van der Waals surface area contributed by atoms with E-state index in [-0.39, 0.29) is 5.91 Å². The SMILES string of the molecule is N#Cc1cc2cc(Cl)ccc2n1-c1ccc(CNC(=O)C2(C(N)=O)CC2)cc1. The first-order valence-corrected chi connectivity index (χ1v) is 9.21. The molecule has 3 aromatic rings. The van der Waals surface area contributed by atoms with Gasteiger partial charge in [-0.05, 0) is 54.8 Å². The lowest BCUT2D eigenvalue weighted by atomic mass is 10.1. The largest absolute Gasteiger partial charge is 0.369 e. The van der Waals surface area contributed by atoms with E-state index in [4.69, 9.17) is 17.3 Å². The van der Waals surface area contributed by atoms with Crippen molar-refractivity contribution in [3.8, 4) is 11.8 Å². The molecule has 0 atom stereocenters. The Morgan fingerprint density at radius 3 is 2.50 bits per heavy atom. The fourth-order valence-electron chi connectivity index (χ4n) is 3.37. The molecule has 6 nitrogen and oxygen atoms in total. The van der Waals surface area contributed by atoms with Crippen LogP contribution in [0, 0.1) is 16.7 Å². The maximum Gasteiger partial charge on any atom is 0.235 e. The lowest BCUT2D eigenvalue weighted by molar-refractivity contribution is -0.135. The summed E-state index contributed by atoms with van der Waals surface area (Å²) in [6, 6.07) is 17.0. The average Bonchev–Trinajstić information content (AvgIpc) is 3.43. The summed E-state index contributed by atoms with van der Waals surface area (Å²) in [7, 11) is 0. The van der Waals surface area contributed by atoms with Gasteiger partial charge in [0.2, 0.25) is 11.8 Å². The molecular weight excluding hydrogens is 376 g/mol. The third-order valence-electron chi connectivity index (χ3n) is 5.18. The molecule has 0 aliphatic heterocycles. The first-order valence-electron chi connectivity index (χ1n) is 8.83. The fraction of sp³-hybridized carbons (Fsp3) is 0.190.